The van der Waals surface area contributed by atoms with Crippen molar-refractivity contribution in [2.75, 3.05) is 0 Å². The van der Waals surface area contributed by atoms with Crippen molar-refractivity contribution < 1.29 is 9.18 Å². The van der Waals surface area contributed by atoms with Gasteiger partial charge in [-0.25, -0.2) is 4.39 Å². The van der Waals surface area contributed by atoms with E-state index in [1.807, 2.05) is 24.3 Å². The molecule has 0 saturated heterocycles. The summed E-state index contributed by atoms with van der Waals surface area (Å²) in [7, 11) is 0. The normalized spacial score (nSPS) is 10.7. The maximum atomic E-state index is 12.8. The van der Waals surface area contributed by atoms with Crippen LogP contribution < -0.4 is 0 Å². The van der Waals surface area contributed by atoms with E-state index in [0.717, 1.165) is 16.5 Å². The van der Waals surface area contributed by atoms with Crippen LogP contribution in [-0.2, 0) is 6.42 Å². The molecule has 2 aromatic carbocycles. The molecule has 0 spiro atoms. The van der Waals surface area contributed by atoms with Crippen LogP contribution in [0.1, 0.15) is 15.9 Å². The highest BCUT2D eigenvalue weighted by molar-refractivity contribution is 6.00. The van der Waals surface area contributed by atoms with Crippen LogP contribution >= 0.6 is 0 Å². The monoisotopic (exact) mass is 265 g/mol. The molecular weight excluding hydrogens is 253 g/mol. The Morgan fingerprint density at radius 2 is 1.85 bits per heavy atom. The summed E-state index contributed by atoms with van der Waals surface area (Å²) < 4.78 is 12.8. The molecule has 0 aliphatic heterocycles. The van der Waals surface area contributed by atoms with Crippen molar-refractivity contribution in [3.63, 3.8) is 0 Å². The lowest BCUT2D eigenvalue weighted by Crippen LogP contribution is -2.03. The van der Waals surface area contributed by atoms with E-state index >= 15 is 0 Å². The minimum Gasteiger partial charge on any atom is -0.294 e. The van der Waals surface area contributed by atoms with Gasteiger partial charge in [-0.1, -0.05) is 18.2 Å². The minimum absolute atomic E-state index is 0.0161. The summed E-state index contributed by atoms with van der Waals surface area (Å²) >= 11 is 0. The number of carbonyl (C=O) groups excluding carboxylic acids is 1. The highest BCUT2D eigenvalue weighted by Gasteiger charge is 2.08. The molecule has 0 unspecified atom stereocenters. The van der Waals surface area contributed by atoms with Crippen LogP contribution in [0.15, 0.2) is 60.8 Å². The predicted molar refractivity (Wildman–Crippen MR) is 76.2 cm³/mol. The lowest BCUT2D eigenvalue weighted by atomic mass is 10.0. The molecule has 3 aromatic rings. The lowest BCUT2D eigenvalue weighted by molar-refractivity contribution is 0.0993. The number of ketones is 1. The fourth-order valence-electron chi connectivity index (χ4n) is 2.14. The molecule has 0 aliphatic carbocycles. The standard InChI is InChI=1S/C17H12FNO/c18-15-6-3-12(4-7-15)10-17(20)14-5-8-16-13(11-14)2-1-9-19-16/h1-9,11H,10H2. The van der Waals surface area contributed by atoms with Gasteiger partial charge < -0.3 is 0 Å². The number of benzene rings is 2. The summed E-state index contributed by atoms with van der Waals surface area (Å²) in [4.78, 5) is 16.5. The van der Waals surface area contributed by atoms with Gasteiger partial charge in [0.25, 0.3) is 0 Å². The second-order valence-electron chi connectivity index (χ2n) is 4.64. The number of fused-ring (bicyclic) bond motifs is 1. The first-order chi connectivity index (χ1) is 9.72. The smallest absolute Gasteiger partial charge is 0.167 e. The number of nitrogens with zero attached hydrogens (tertiary/aromatic N) is 1. The summed E-state index contributed by atoms with van der Waals surface area (Å²) in [6.45, 7) is 0. The fourth-order valence-corrected chi connectivity index (χ4v) is 2.14. The van der Waals surface area contributed by atoms with Crippen LogP contribution in [0.25, 0.3) is 10.9 Å². The third-order valence-electron chi connectivity index (χ3n) is 3.20. The zero-order chi connectivity index (χ0) is 13.9. The van der Waals surface area contributed by atoms with Crippen LogP contribution in [0.4, 0.5) is 4.39 Å². The SMILES string of the molecule is O=C(Cc1ccc(F)cc1)c1ccc2ncccc2c1. The van der Waals surface area contributed by atoms with Crippen LogP contribution in [0.5, 0.6) is 0 Å². The van der Waals surface area contributed by atoms with E-state index in [0.29, 0.717) is 5.56 Å². The van der Waals surface area contributed by atoms with Gasteiger partial charge in [-0.2, -0.15) is 0 Å². The van der Waals surface area contributed by atoms with Gasteiger partial charge >= 0.3 is 0 Å². The summed E-state index contributed by atoms with van der Waals surface area (Å²) in [6, 6.07) is 15.2. The molecule has 0 radical (unpaired) electrons. The number of pyridine rings is 1. The molecule has 98 valence electrons. The van der Waals surface area contributed by atoms with Crippen molar-refractivity contribution in [1.29, 1.82) is 0 Å². The van der Waals surface area contributed by atoms with Crippen molar-refractivity contribution in [3.8, 4) is 0 Å². The Morgan fingerprint density at radius 3 is 2.65 bits per heavy atom. The van der Waals surface area contributed by atoms with Gasteiger partial charge in [-0.05, 0) is 42.0 Å². The van der Waals surface area contributed by atoms with Crippen LogP contribution in [-0.4, -0.2) is 10.8 Å². The topological polar surface area (TPSA) is 30.0 Å². The van der Waals surface area contributed by atoms with Gasteiger partial charge in [0, 0.05) is 23.6 Å². The maximum absolute atomic E-state index is 12.8. The Balaban J connectivity index is 1.86. The molecule has 0 saturated carbocycles. The van der Waals surface area contributed by atoms with Gasteiger partial charge in [0.1, 0.15) is 5.82 Å². The van der Waals surface area contributed by atoms with E-state index in [-0.39, 0.29) is 18.0 Å². The molecule has 2 nitrogen and oxygen atoms in total. The van der Waals surface area contributed by atoms with Gasteiger partial charge in [-0.15, -0.1) is 0 Å². The number of Topliss-reactive ketones (excluding diaryl/α,β-unsaturated/α-hetero) is 1. The predicted octanol–water partition coefficient (Wildman–Crippen LogP) is 3.80. The molecule has 0 bridgehead atoms. The number of rotatable bonds is 3. The van der Waals surface area contributed by atoms with Crippen molar-refractivity contribution in [1.82, 2.24) is 4.98 Å². The average molecular weight is 265 g/mol. The number of carbonyl (C=O) groups is 1. The average Bonchev–Trinajstić information content (AvgIpc) is 2.49. The summed E-state index contributed by atoms with van der Waals surface area (Å²) in [5.74, 6) is -0.277. The third-order valence-corrected chi connectivity index (χ3v) is 3.20. The highest BCUT2D eigenvalue weighted by atomic mass is 19.1. The first-order valence-electron chi connectivity index (χ1n) is 6.35. The quantitative estimate of drug-likeness (QED) is 0.674. The van der Waals surface area contributed by atoms with Crippen molar-refractivity contribution >= 4 is 16.7 Å². The molecule has 0 aliphatic rings. The molecule has 20 heavy (non-hydrogen) atoms. The molecule has 3 heteroatoms. The van der Waals surface area contributed by atoms with Crippen LogP contribution in [0, 0.1) is 5.82 Å². The Morgan fingerprint density at radius 1 is 1.05 bits per heavy atom. The van der Waals surface area contributed by atoms with Gasteiger partial charge in [-0.3, -0.25) is 9.78 Å². The van der Waals surface area contributed by atoms with E-state index in [1.165, 1.54) is 12.1 Å². The van der Waals surface area contributed by atoms with E-state index < -0.39 is 0 Å². The first kappa shape index (κ1) is 12.5. The van der Waals surface area contributed by atoms with Crippen LogP contribution in [0.2, 0.25) is 0 Å². The first-order valence-corrected chi connectivity index (χ1v) is 6.35. The Labute approximate surface area is 115 Å². The largest absolute Gasteiger partial charge is 0.294 e. The zero-order valence-electron chi connectivity index (χ0n) is 10.7. The second kappa shape index (κ2) is 5.21. The fraction of sp³-hybridized carbons (Fsp3) is 0.0588. The molecule has 3 rings (SSSR count). The van der Waals surface area contributed by atoms with E-state index in [9.17, 15) is 9.18 Å². The molecular formula is C17H12FNO. The molecule has 0 fully saturated rings. The molecule has 0 N–H and O–H groups in total. The number of aromatic nitrogens is 1. The number of hydrogen-bond donors (Lipinski definition) is 0. The van der Waals surface area contributed by atoms with Gasteiger partial charge in [0.05, 0.1) is 5.52 Å². The van der Waals surface area contributed by atoms with Crippen molar-refractivity contribution in [2.45, 2.75) is 6.42 Å². The third kappa shape index (κ3) is 2.57. The van der Waals surface area contributed by atoms with Gasteiger partial charge in [0.15, 0.2) is 5.78 Å². The molecule has 1 aromatic heterocycles. The van der Waals surface area contributed by atoms with E-state index in [2.05, 4.69) is 4.98 Å². The summed E-state index contributed by atoms with van der Waals surface area (Å²) in [5.41, 5.74) is 2.32. The van der Waals surface area contributed by atoms with Gasteiger partial charge in [0.2, 0.25) is 0 Å². The zero-order valence-corrected chi connectivity index (χ0v) is 10.7. The van der Waals surface area contributed by atoms with Crippen molar-refractivity contribution in [2.24, 2.45) is 0 Å². The van der Waals surface area contributed by atoms with Crippen LogP contribution in [0.3, 0.4) is 0 Å². The molecule has 0 atom stereocenters. The minimum atomic E-state index is -0.294. The number of halogens is 1. The summed E-state index contributed by atoms with van der Waals surface area (Å²) in [5, 5.41) is 0.942. The number of hydrogen-bond acceptors (Lipinski definition) is 2. The Hall–Kier alpha value is -2.55. The second-order valence-corrected chi connectivity index (χ2v) is 4.64. The summed E-state index contributed by atoms with van der Waals surface area (Å²) in [6.07, 6.45) is 1.99. The lowest BCUT2D eigenvalue weighted by Gasteiger charge is -2.03. The van der Waals surface area contributed by atoms with E-state index in [1.54, 1.807) is 24.4 Å². The highest BCUT2D eigenvalue weighted by Crippen LogP contribution is 2.15. The molecule has 1 heterocycles. The Kier molecular flexibility index (Phi) is 3.25. The molecule has 0 amide bonds. The van der Waals surface area contributed by atoms with E-state index in [4.69, 9.17) is 0 Å². The van der Waals surface area contributed by atoms with Crippen molar-refractivity contribution in [3.05, 3.63) is 77.7 Å². The maximum Gasteiger partial charge on any atom is 0.167 e. The Bertz CT molecular complexity index is 765.